The van der Waals surface area contributed by atoms with Crippen LogP contribution in [0, 0.1) is 11.3 Å². The van der Waals surface area contributed by atoms with Crippen LogP contribution < -0.4 is 5.32 Å². The molecule has 1 nitrogen and oxygen atoms in total. The SMILES string of the molecule is CC1(C)CCSCC1NC(c1cccs1)C1CCCC1. The van der Waals surface area contributed by atoms with Gasteiger partial charge in [0.15, 0.2) is 0 Å². The second kappa shape index (κ2) is 6.41. The molecular formula is C17H27NS2. The standard InChI is InChI=1S/C17H27NS2/c1-17(2)9-11-19-12-15(17)18-16(13-6-3-4-7-13)14-8-5-10-20-14/h5,8,10,13,15-16,18H,3-4,6-7,9,11-12H2,1-2H3. The van der Waals surface area contributed by atoms with Gasteiger partial charge in [-0.1, -0.05) is 32.8 Å². The van der Waals surface area contributed by atoms with Crippen molar-refractivity contribution in [2.75, 3.05) is 11.5 Å². The van der Waals surface area contributed by atoms with Crippen molar-refractivity contribution in [3.63, 3.8) is 0 Å². The largest absolute Gasteiger partial charge is 0.305 e. The van der Waals surface area contributed by atoms with Crippen LogP contribution >= 0.6 is 23.1 Å². The van der Waals surface area contributed by atoms with E-state index in [0.717, 1.165) is 5.92 Å². The zero-order chi connectivity index (χ0) is 14.0. The third-order valence-corrected chi connectivity index (χ3v) is 7.24. The van der Waals surface area contributed by atoms with Crippen LogP contribution in [-0.2, 0) is 0 Å². The molecular weight excluding hydrogens is 282 g/mol. The van der Waals surface area contributed by atoms with E-state index in [1.165, 1.54) is 43.6 Å². The van der Waals surface area contributed by atoms with E-state index in [0.29, 0.717) is 17.5 Å². The predicted octanol–water partition coefficient (Wildman–Crippen LogP) is 5.10. The summed E-state index contributed by atoms with van der Waals surface area (Å²) in [6.45, 7) is 4.90. The summed E-state index contributed by atoms with van der Waals surface area (Å²) >= 11 is 4.07. The highest BCUT2D eigenvalue weighted by molar-refractivity contribution is 7.99. The summed E-state index contributed by atoms with van der Waals surface area (Å²) < 4.78 is 0. The van der Waals surface area contributed by atoms with E-state index in [2.05, 4.69) is 48.4 Å². The fourth-order valence-corrected chi connectivity index (χ4v) is 6.13. The van der Waals surface area contributed by atoms with Crippen LogP contribution in [0.4, 0.5) is 0 Å². The van der Waals surface area contributed by atoms with Gasteiger partial charge in [-0.3, -0.25) is 0 Å². The quantitative estimate of drug-likeness (QED) is 0.830. The van der Waals surface area contributed by atoms with Crippen LogP contribution in [0.25, 0.3) is 0 Å². The first-order chi connectivity index (χ1) is 9.67. The topological polar surface area (TPSA) is 12.0 Å². The zero-order valence-corrected chi connectivity index (χ0v) is 14.4. The van der Waals surface area contributed by atoms with E-state index < -0.39 is 0 Å². The van der Waals surface area contributed by atoms with Gasteiger partial charge in [0, 0.05) is 22.7 Å². The van der Waals surface area contributed by atoms with Crippen molar-refractivity contribution < 1.29 is 0 Å². The Bertz CT molecular complexity index is 407. The average molecular weight is 310 g/mol. The highest BCUT2D eigenvalue weighted by atomic mass is 32.2. The van der Waals surface area contributed by atoms with Crippen molar-refractivity contribution in [1.29, 1.82) is 0 Å². The number of hydrogen-bond donors (Lipinski definition) is 1. The molecule has 2 unspecified atom stereocenters. The maximum atomic E-state index is 4.08. The fraction of sp³-hybridized carbons (Fsp3) is 0.765. The molecule has 0 radical (unpaired) electrons. The summed E-state index contributed by atoms with van der Waals surface area (Å²) in [7, 11) is 0. The highest BCUT2D eigenvalue weighted by Gasteiger charge is 2.36. The molecule has 2 fully saturated rings. The predicted molar refractivity (Wildman–Crippen MR) is 91.7 cm³/mol. The molecule has 0 spiro atoms. The summed E-state index contributed by atoms with van der Waals surface area (Å²) in [5, 5.41) is 6.32. The number of rotatable bonds is 4. The van der Waals surface area contributed by atoms with Gasteiger partial charge in [0.05, 0.1) is 0 Å². The molecule has 2 atom stereocenters. The molecule has 2 heterocycles. The van der Waals surface area contributed by atoms with Gasteiger partial charge in [-0.15, -0.1) is 11.3 Å². The summed E-state index contributed by atoms with van der Waals surface area (Å²) in [5.41, 5.74) is 0.444. The molecule has 1 saturated carbocycles. The Hall–Kier alpha value is 0.01000. The Morgan fingerprint density at radius 3 is 2.75 bits per heavy atom. The average Bonchev–Trinajstić information content (AvgIpc) is 3.10. The van der Waals surface area contributed by atoms with Gasteiger partial charge in [0.1, 0.15) is 0 Å². The lowest BCUT2D eigenvalue weighted by atomic mass is 9.81. The molecule has 3 heteroatoms. The molecule has 0 aromatic carbocycles. The molecule has 1 aliphatic heterocycles. The molecule has 112 valence electrons. The first-order valence-corrected chi connectivity index (χ1v) is 10.1. The van der Waals surface area contributed by atoms with E-state index in [4.69, 9.17) is 0 Å². The lowest BCUT2D eigenvalue weighted by Gasteiger charge is -2.42. The molecule has 0 bridgehead atoms. The minimum atomic E-state index is 0.444. The van der Waals surface area contributed by atoms with Crippen LogP contribution in [-0.4, -0.2) is 17.5 Å². The molecule has 0 amide bonds. The van der Waals surface area contributed by atoms with E-state index in [9.17, 15) is 0 Å². The van der Waals surface area contributed by atoms with Crippen molar-refractivity contribution in [2.45, 2.75) is 58.0 Å². The maximum absolute atomic E-state index is 4.08. The van der Waals surface area contributed by atoms with E-state index >= 15 is 0 Å². The molecule has 1 aromatic heterocycles. The molecule has 20 heavy (non-hydrogen) atoms. The number of thioether (sulfide) groups is 1. The lowest BCUT2D eigenvalue weighted by Crippen LogP contribution is -2.49. The van der Waals surface area contributed by atoms with Crippen molar-refractivity contribution >= 4 is 23.1 Å². The highest BCUT2D eigenvalue weighted by Crippen LogP contribution is 2.41. The molecule has 1 N–H and O–H groups in total. The van der Waals surface area contributed by atoms with Crippen molar-refractivity contribution in [1.82, 2.24) is 5.32 Å². The molecule has 1 saturated heterocycles. The molecule has 3 rings (SSSR count). The van der Waals surface area contributed by atoms with Gasteiger partial charge in [0.25, 0.3) is 0 Å². The molecule has 1 aromatic rings. The minimum Gasteiger partial charge on any atom is -0.305 e. The number of thiophene rings is 1. The first kappa shape index (κ1) is 14.9. The van der Waals surface area contributed by atoms with Crippen molar-refractivity contribution in [3.05, 3.63) is 22.4 Å². The van der Waals surface area contributed by atoms with E-state index in [1.54, 1.807) is 4.88 Å². The van der Waals surface area contributed by atoms with E-state index in [1.807, 2.05) is 11.3 Å². The third kappa shape index (κ3) is 3.26. The minimum absolute atomic E-state index is 0.444. The Morgan fingerprint density at radius 1 is 1.30 bits per heavy atom. The van der Waals surface area contributed by atoms with Gasteiger partial charge in [-0.2, -0.15) is 11.8 Å². The van der Waals surface area contributed by atoms with Gasteiger partial charge in [-0.05, 0) is 47.8 Å². The van der Waals surface area contributed by atoms with Crippen LogP contribution in [0.15, 0.2) is 17.5 Å². The Balaban J connectivity index is 1.75. The van der Waals surface area contributed by atoms with Gasteiger partial charge < -0.3 is 5.32 Å². The van der Waals surface area contributed by atoms with Gasteiger partial charge in [-0.25, -0.2) is 0 Å². The lowest BCUT2D eigenvalue weighted by molar-refractivity contribution is 0.207. The third-order valence-electron chi connectivity index (χ3n) is 5.22. The number of nitrogens with one attached hydrogen (secondary N) is 1. The first-order valence-electron chi connectivity index (χ1n) is 8.04. The smallest absolute Gasteiger partial charge is 0.0445 e. The Labute approximate surface area is 131 Å². The number of hydrogen-bond acceptors (Lipinski definition) is 3. The Morgan fingerprint density at radius 2 is 2.10 bits per heavy atom. The molecule has 1 aliphatic carbocycles. The van der Waals surface area contributed by atoms with Gasteiger partial charge >= 0.3 is 0 Å². The Kier molecular flexibility index (Phi) is 4.79. The fourth-order valence-electron chi connectivity index (χ4n) is 3.64. The summed E-state index contributed by atoms with van der Waals surface area (Å²) in [6, 6.07) is 5.81. The van der Waals surface area contributed by atoms with E-state index in [-0.39, 0.29) is 0 Å². The monoisotopic (exact) mass is 309 g/mol. The van der Waals surface area contributed by atoms with Crippen molar-refractivity contribution in [2.24, 2.45) is 11.3 Å². The van der Waals surface area contributed by atoms with Crippen LogP contribution in [0.5, 0.6) is 0 Å². The van der Waals surface area contributed by atoms with Crippen molar-refractivity contribution in [3.8, 4) is 0 Å². The second-order valence-corrected chi connectivity index (χ2v) is 9.20. The normalized spacial score (nSPS) is 28.6. The van der Waals surface area contributed by atoms with Crippen LogP contribution in [0.1, 0.15) is 56.9 Å². The van der Waals surface area contributed by atoms with Crippen LogP contribution in [0.2, 0.25) is 0 Å². The molecule has 2 aliphatic rings. The summed E-state index contributed by atoms with van der Waals surface area (Å²) in [4.78, 5) is 1.56. The maximum Gasteiger partial charge on any atom is 0.0445 e. The van der Waals surface area contributed by atoms with Crippen LogP contribution in [0.3, 0.4) is 0 Å². The zero-order valence-electron chi connectivity index (χ0n) is 12.7. The summed E-state index contributed by atoms with van der Waals surface area (Å²) in [6.07, 6.45) is 7.02. The van der Waals surface area contributed by atoms with Gasteiger partial charge in [0.2, 0.25) is 0 Å². The second-order valence-electron chi connectivity index (χ2n) is 7.07. The summed E-state index contributed by atoms with van der Waals surface area (Å²) in [5.74, 6) is 3.47.